The van der Waals surface area contributed by atoms with Crippen LogP contribution in [0.15, 0.2) is 29.0 Å². The number of aromatic nitrogens is 1. The summed E-state index contributed by atoms with van der Waals surface area (Å²) in [5.74, 6) is -1.59. The smallest absolute Gasteiger partial charge is 0.359 e. The summed E-state index contributed by atoms with van der Waals surface area (Å²) in [4.78, 5) is 37.1. The molecule has 0 unspecified atom stereocenters. The highest BCUT2D eigenvalue weighted by atomic mass is 16.5. The number of carbonyl (C=O) groups is 3. The van der Waals surface area contributed by atoms with Gasteiger partial charge in [-0.2, -0.15) is 5.10 Å². The lowest BCUT2D eigenvalue weighted by Gasteiger charge is -2.32. The van der Waals surface area contributed by atoms with Crippen LogP contribution in [0, 0.1) is 0 Å². The quantitative estimate of drug-likeness (QED) is 0.768. The van der Waals surface area contributed by atoms with E-state index >= 15 is 0 Å². The zero-order valence-electron chi connectivity index (χ0n) is 14.2. The molecule has 0 N–H and O–H groups in total. The fourth-order valence-corrected chi connectivity index (χ4v) is 2.15. The molecule has 0 bridgehead atoms. The van der Waals surface area contributed by atoms with Crippen molar-refractivity contribution >= 4 is 29.8 Å². The monoisotopic (exact) mass is 333 g/mol. The van der Waals surface area contributed by atoms with Crippen LogP contribution in [0.5, 0.6) is 0 Å². The molecule has 0 radical (unpaired) electrons. The molecule has 0 saturated carbocycles. The topological polar surface area (TPSA) is 90.2 Å². The highest BCUT2D eigenvalue weighted by Gasteiger charge is 2.34. The number of carbonyl (C=O) groups excluding carboxylic acids is 3. The molecule has 0 saturated heterocycles. The van der Waals surface area contributed by atoms with Gasteiger partial charge in [-0.25, -0.2) is 19.4 Å². The SMILES string of the molecule is COC(=O)C1=C/c2cccn2C(=O)N(C(C)(C)C)/N=C\1C(=O)OC. The average molecular weight is 333 g/mol. The molecule has 2 heterocycles. The molecule has 8 nitrogen and oxygen atoms in total. The minimum atomic E-state index is -0.839. The Morgan fingerprint density at radius 1 is 1.12 bits per heavy atom. The summed E-state index contributed by atoms with van der Waals surface area (Å²) in [5, 5.41) is 5.26. The Kier molecular flexibility index (Phi) is 4.59. The Morgan fingerprint density at radius 2 is 1.75 bits per heavy atom. The second-order valence-corrected chi connectivity index (χ2v) is 6.06. The van der Waals surface area contributed by atoms with Crippen molar-refractivity contribution in [3.63, 3.8) is 0 Å². The number of amides is 1. The molecule has 2 rings (SSSR count). The van der Waals surface area contributed by atoms with Gasteiger partial charge in [-0.05, 0) is 39.0 Å². The molecule has 1 aromatic heterocycles. The second kappa shape index (κ2) is 6.31. The van der Waals surface area contributed by atoms with Crippen LogP contribution in [0.3, 0.4) is 0 Å². The maximum Gasteiger partial charge on any atom is 0.359 e. The second-order valence-electron chi connectivity index (χ2n) is 6.06. The fourth-order valence-electron chi connectivity index (χ4n) is 2.15. The summed E-state index contributed by atoms with van der Waals surface area (Å²) in [6, 6.07) is 2.84. The first-order chi connectivity index (χ1) is 11.2. The van der Waals surface area contributed by atoms with Crippen LogP contribution in [0.1, 0.15) is 26.5 Å². The Labute approximate surface area is 139 Å². The van der Waals surface area contributed by atoms with Gasteiger partial charge in [-0.3, -0.25) is 4.57 Å². The number of fused-ring (bicyclic) bond motifs is 1. The third-order valence-electron chi connectivity index (χ3n) is 3.33. The van der Waals surface area contributed by atoms with E-state index in [-0.39, 0.29) is 11.3 Å². The van der Waals surface area contributed by atoms with E-state index in [4.69, 9.17) is 9.47 Å². The number of hydrogen-bond acceptors (Lipinski definition) is 6. The fraction of sp³-hybridized carbons (Fsp3) is 0.375. The molecule has 1 aliphatic heterocycles. The van der Waals surface area contributed by atoms with Gasteiger partial charge in [0.1, 0.15) is 0 Å². The maximum atomic E-state index is 12.8. The minimum absolute atomic E-state index is 0.0916. The first-order valence-corrected chi connectivity index (χ1v) is 7.20. The van der Waals surface area contributed by atoms with E-state index in [1.54, 1.807) is 39.1 Å². The summed E-state index contributed by atoms with van der Waals surface area (Å²) >= 11 is 0. The number of hydrogen-bond donors (Lipinski definition) is 0. The summed E-state index contributed by atoms with van der Waals surface area (Å²) in [6.07, 6.45) is 2.93. The average Bonchev–Trinajstić information content (AvgIpc) is 2.97. The summed E-state index contributed by atoms with van der Waals surface area (Å²) < 4.78 is 10.8. The molecule has 1 amide bonds. The van der Waals surface area contributed by atoms with Gasteiger partial charge in [0.25, 0.3) is 0 Å². The van der Waals surface area contributed by atoms with Crippen molar-refractivity contribution in [1.82, 2.24) is 9.58 Å². The van der Waals surface area contributed by atoms with E-state index in [9.17, 15) is 14.4 Å². The number of methoxy groups -OCH3 is 2. The largest absolute Gasteiger partial charge is 0.465 e. The zero-order valence-corrected chi connectivity index (χ0v) is 14.2. The summed E-state index contributed by atoms with van der Waals surface area (Å²) in [6.45, 7) is 5.28. The van der Waals surface area contributed by atoms with E-state index in [1.807, 2.05) is 0 Å². The normalized spacial score (nSPS) is 19.2. The van der Waals surface area contributed by atoms with Crippen molar-refractivity contribution in [2.45, 2.75) is 26.3 Å². The number of hydrazone groups is 1. The first-order valence-electron chi connectivity index (χ1n) is 7.20. The number of nitrogens with zero attached hydrogens (tertiary/aromatic N) is 3. The predicted octanol–water partition coefficient (Wildman–Crippen LogP) is 1.66. The summed E-state index contributed by atoms with van der Waals surface area (Å²) in [7, 11) is 2.37. The van der Waals surface area contributed by atoms with E-state index in [1.165, 1.54) is 24.9 Å². The van der Waals surface area contributed by atoms with Gasteiger partial charge < -0.3 is 9.47 Å². The van der Waals surface area contributed by atoms with Crippen molar-refractivity contribution in [2.75, 3.05) is 14.2 Å². The Hall–Kier alpha value is -2.90. The van der Waals surface area contributed by atoms with Crippen molar-refractivity contribution < 1.29 is 23.9 Å². The third-order valence-corrected chi connectivity index (χ3v) is 3.33. The van der Waals surface area contributed by atoms with Gasteiger partial charge >= 0.3 is 18.0 Å². The van der Waals surface area contributed by atoms with Gasteiger partial charge in [0.05, 0.1) is 31.0 Å². The van der Waals surface area contributed by atoms with Crippen molar-refractivity contribution in [3.05, 3.63) is 29.6 Å². The molecular formula is C16H19N3O5. The van der Waals surface area contributed by atoms with Gasteiger partial charge in [-0.1, -0.05) is 0 Å². The van der Waals surface area contributed by atoms with Crippen LogP contribution in [-0.2, 0) is 19.1 Å². The maximum absolute atomic E-state index is 12.8. The van der Waals surface area contributed by atoms with Gasteiger partial charge in [0, 0.05) is 6.20 Å². The van der Waals surface area contributed by atoms with Gasteiger partial charge in [0.15, 0.2) is 5.71 Å². The van der Waals surface area contributed by atoms with Crippen LogP contribution >= 0.6 is 0 Å². The van der Waals surface area contributed by atoms with E-state index in [0.29, 0.717) is 5.69 Å². The first kappa shape index (κ1) is 17.5. The van der Waals surface area contributed by atoms with Crippen molar-refractivity contribution in [3.8, 4) is 0 Å². The van der Waals surface area contributed by atoms with Crippen LogP contribution < -0.4 is 0 Å². The summed E-state index contributed by atoms with van der Waals surface area (Å²) in [5.41, 5.74) is -0.701. The Balaban J connectivity index is 2.79. The highest BCUT2D eigenvalue weighted by molar-refractivity contribution is 6.50. The molecular weight excluding hydrogens is 314 g/mol. The molecule has 8 heteroatoms. The lowest BCUT2D eigenvalue weighted by atomic mass is 10.1. The van der Waals surface area contributed by atoms with E-state index in [2.05, 4.69) is 5.10 Å². The zero-order chi connectivity index (χ0) is 18.1. The molecule has 0 atom stereocenters. The minimum Gasteiger partial charge on any atom is -0.465 e. The van der Waals surface area contributed by atoms with Gasteiger partial charge in [0.2, 0.25) is 0 Å². The highest BCUT2D eigenvalue weighted by Crippen LogP contribution is 2.23. The lowest BCUT2D eigenvalue weighted by Crippen LogP contribution is -2.46. The van der Waals surface area contributed by atoms with Crippen LogP contribution in [-0.4, -0.2) is 53.0 Å². The van der Waals surface area contributed by atoms with Crippen molar-refractivity contribution in [2.24, 2.45) is 5.10 Å². The molecule has 1 aliphatic rings. The Morgan fingerprint density at radius 3 is 2.29 bits per heavy atom. The Bertz CT molecular complexity index is 752. The number of esters is 2. The molecule has 24 heavy (non-hydrogen) atoms. The van der Waals surface area contributed by atoms with E-state index in [0.717, 1.165) is 5.01 Å². The van der Waals surface area contributed by atoms with Crippen LogP contribution in [0.25, 0.3) is 6.08 Å². The molecule has 0 spiro atoms. The third kappa shape index (κ3) is 3.08. The number of rotatable bonds is 2. The van der Waals surface area contributed by atoms with E-state index < -0.39 is 23.5 Å². The molecule has 128 valence electrons. The van der Waals surface area contributed by atoms with Gasteiger partial charge in [-0.15, -0.1) is 0 Å². The molecule has 0 aliphatic carbocycles. The van der Waals surface area contributed by atoms with Crippen molar-refractivity contribution in [1.29, 1.82) is 0 Å². The lowest BCUT2D eigenvalue weighted by molar-refractivity contribution is -0.137. The molecule has 0 aromatic carbocycles. The molecule has 0 fully saturated rings. The van der Waals surface area contributed by atoms with Crippen LogP contribution in [0.2, 0.25) is 0 Å². The molecule has 1 aromatic rings. The number of ether oxygens (including phenoxy) is 2. The predicted molar refractivity (Wildman–Crippen MR) is 86.3 cm³/mol. The standard InChI is InChI=1S/C16H19N3O5/c1-16(2,3)19-15(22)18-8-6-7-10(18)9-11(13(20)23-4)12(17-19)14(21)24-5/h6-9H,1-5H3/b11-9+,17-12+. The van der Waals surface area contributed by atoms with Crippen LogP contribution in [0.4, 0.5) is 4.79 Å².